The normalized spacial score (nSPS) is 20.5. The summed E-state index contributed by atoms with van der Waals surface area (Å²) in [6, 6.07) is 0. The fourth-order valence-electron chi connectivity index (χ4n) is 2.56. The Balaban J connectivity index is 2.00. The van der Waals surface area contributed by atoms with Gasteiger partial charge in [-0.15, -0.1) is 0 Å². The second-order valence-corrected chi connectivity index (χ2v) is 6.80. The number of ether oxygens (including phenoxy) is 2. The molecule has 3 N–H and O–H groups in total. The molecule has 0 unspecified atom stereocenters. The van der Waals surface area contributed by atoms with E-state index < -0.39 is 6.23 Å². The molecule has 0 spiro atoms. The molecular formula is C15H20N4O4S. The quantitative estimate of drug-likeness (QED) is 0.783. The number of fused-ring (bicyclic) bond motifs is 1. The third-order valence-corrected chi connectivity index (χ3v) is 4.67. The van der Waals surface area contributed by atoms with Crippen LogP contribution in [-0.2, 0) is 4.74 Å². The van der Waals surface area contributed by atoms with Crippen molar-refractivity contribution in [3.05, 3.63) is 21.3 Å². The topological polar surface area (TPSA) is 112 Å². The summed E-state index contributed by atoms with van der Waals surface area (Å²) in [5.41, 5.74) is 7.31. The third kappa shape index (κ3) is 3.28. The summed E-state index contributed by atoms with van der Waals surface area (Å²) in [7, 11) is 0. The van der Waals surface area contributed by atoms with Crippen molar-refractivity contribution in [1.29, 1.82) is 0 Å². The molecule has 1 fully saturated rings. The van der Waals surface area contributed by atoms with Crippen molar-refractivity contribution in [2.75, 3.05) is 18.9 Å². The Hall–Kier alpha value is -1.97. The van der Waals surface area contributed by atoms with E-state index in [4.69, 9.17) is 15.2 Å². The van der Waals surface area contributed by atoms with Gasteiger partial charge in [0.1, 0.15) is 17.5 Å². The lowest BCUT2D eigenvalue weighted by molar-refractivity contribution is -0.0214. The molecule has 8 nitrogen and oxygen atoms in total. The van der Waals surface area contributed by atoms with Crippen molar-refractivity contribution in [1.82, 2.24) is 14.5 Å². The summed E-state index contributed by atoms with van der Waals surface area (Å²) in [5.74, 6) is 0.338. The Morgan fingerprint density at radius 1 is 1.50 bits per heavy atom. The predicted molar refractivity (Wildman–Crippen MR) is 91.2 cm³/mol. The van der Waals surface area contributed by atoms with Crippen molar-refractivity contribution in [3.63, 3.8) is 0 Å². The summed E-state index contributed by atoms with van der Waals surface area (Å²) in [6.07, 6.45) is 2.52. The van der Waals surface area contributed by atoms with E-state index >= 15 is 0 Å². The molecular weight excluding hydrogens is 332 g/mol. The fourth-order valence-corrected chi connectivity index (χ4v) is 3.46. The number of thiazole rings is 1. The van der Waals surface area contributed by atoms with Gasteiger partial charge in [-0.25, -0.2) is 0 Å². The van der Waals surface area contributed by atoms with Crippen LogP contribution in [0.5, 0.6) is 5.88 Å². The Labute approximate surface area is 142 Å². The second-order valence-electron chi connectivity index (χ2n) is 5.84. The standard InChI is InChI=1S/C15H20N4O4S/c1-8(2)5-6-22-13-11-12(17-14(16)18-13)19(15(21)24-11)10-4-3-9(7-20)23-10/h5,9-10,20H,3-4,6-7H2,1-2H3,(H2,16,17,18)/t9-,10+/m0/s1. The number of anilines is 1. The average Bonchev–Trinajstić information content (AvgIpc) is 3.10. The molecule has 0 amide bonds. The van der Waals surface area contributed by atoms with Crippen molar-refractivity contribution < 1.29 is 14.6 Å². The van der Waals surface area contributed by atoms with E-state index in [2.05, 4.69) is 9.97 Å². The SMILES string of the molecule is CC(C)=CCOc1nc(N)nc2c1sc(=O)n2[C@H]1CC[C@@H](CO)O1. The summed E-state index contributed by atoms with van der Waals surface area (Å²) in [4.78, 5) is 20.5. The van der Waals surface area contributed by atoms with Crippen molar-refractivity contribution in [2.24, 2.45) is 0 Å². The Bertz CT molecular complexity index is 825. The molecule has 0 radical (unpaired) electrons. The van der Waals surface area contributed by atoms with E-state index in [0.29, 0.717) is 35.7 Å². The number of aliphatic hydroxyl groups is 1. The smallest absolute Gasteiger partial charge is 0.311 e. The van der Waals surface area contributed by atoms with E-state index in [9.17, 15) is 9.90 Å². The van der Waals surface area contributed by atoms with Gasteiger partial charge in [0.05, 0.1) is 12.7 Å². The minimum Gasteiger partial charge on any atom is -0.472 e. The molecule has 1 aliphatic heterocycles. The zero-order valence-corrected chi connectivity index (χ0v) is 14.4. The minimum atomic E-state index is -0.455. The summed E-state index contributed by atoms with van der Waals surface area (Å²) in [6.45, 7) is 4.21. The molecule has 1 aliphatic rings. The van der Waals surface area contributed by atoms with Gasteiger partial charge in [-0.05, 0) is 32.8 Å². The van der Waals surface area contributed by atoms with E-state index in [1.54, 1.807) is 0 Å². The molecule has 2 aromatic rings. The summed E-state index contributed by atoms with van der Waals surface area (Å²) in [5, 5.41) is 9.21. The van der Waals surface area contributed by atoms with Gasteiger partial charge in [0.25, 0.3) is 0 Å². The lowest BCUT2D eigenvalue weighted by atomic mass is 10.2. The maximum Gasteiger partial charge on any atom is 0.311 e. The molecule has 3 rings (SSSR count). The second kappa shape index (κ2) is 6.88. The molecule has 2 aromatic heterocycles. The number of aromatic nitrogens is 3. The molecule has 0 saturated carbocycles. The number of hydrogen-bond donors (Lipinski definition) is 2. The number of nitrogen functional groups attached to an aromatic ring is 1. The molecule has 24 heavy (non-hydrogen) atoms. The van der Waals surface area contributed by atoms with E-state index in [1.165, 1.54) is 4.57 Å². The number of hydrogen-bond acceptors (Lipinski definition) is 8. The van der Waals surface area contributed by atoms with Crippen LogP contribution >= 0.6 is 11.3 Å². The zero-order chi connectivity index (χ0) is 17.3. The number of nitrogens with two attached hydrogens (primary N) is 1. The minimum absolute atomic E-state index is 0.0398. The van der Waals surface area contributed by atoms with Gasteiger partial charge in [-0.1, -0.05) is 16.9 Å². The van der Waals surface area contributed by atoms with Crippen LogP contribution in [0.1, 0.15) is 32.9 Å². The first-order chi connectivity index (χ1) is 11.5. The average molecular weight is 352 g/mol. The molecule has 0 aliphatic carbocycles. The van der Waals surface area contributed by atoms with E-state index in [0.717, 1.165) is 16.9 Å². The Kier molecular flexibility index (Phi) is 4.83. The van der Waals surface area contributed by atoms with Gasteiger partial charge in [0.2, 0.25) is 11.8 Å². The molecule has 0 aromatic carbocycles. The zero-order valence-electron chi connectivity index (χ0n) is 13.6. The number of nitrogens with zero attached hydrogens (tertiary/aromatic N) is 3. The molecule has 9 heteroatoms. The fraction of sp³-hybridized carbons (Fsp3) is 0.533. The predicted octanol–water partition coefficient (Wildman–Crippen LogP) is 1.45. The van der Waals surface area contributed by atoms with Crippen LogP contribution in [0.4, 0.5) is 5.95 Å². The molecule has 1 saturated heterocycles. The first kappa shape index (κ1) is 16.9. The van der Waals surface area contributed by atoms with Crippen LogP contribution < -0.4 is 15.3 Å². The van der Waals surface area contributed by atoms with Crippen molar-refractivity contribution in [2.45, 2.75) is 39.0 Å². The largest absolute Gasteiger partial charge is 0.472 e. The highest BCUT2D eigenvalue weighted by molar-refractivity contribution is 7.16. The lowest BCUT2D eigenvalue weighted by Crippen LogP contribution is -2.21. The first-order valence-electron chi connectivity index (χ1n) is 7.70. The molecule has 130 valence electrons. The first-order valence-corrected chi connectivity index (χ1v) is 8.52. The monoisotopic (exact) mass is 352 g/mol. The van der Waals surface area contributed by atoms with Crippen molar-refractivity contribution in [3.8, 4) is 5.88 Å². The van der Waals surface area contributed by atoms with Gasteiger partial charge in [0, 0.05) is 0 Å². The van der Waals surface area contributed by atoms with Crippen LogP contribution in [-0.4, -0.2) is 39.0 Å². The van der Waals surface area contributed by atoms with Crippen LogP contribution in [0, 0.1) is 0 Å². The number of aliphatic hydroxyl groups excluding tert-OH is 1. The summed E-state index contributed by atoms with van der Waals surface area (Å²) < 4.78 is 13.4. The highest BCUT2D eigenvalue weighted by Crippen LogP contribution is 2.33. The van der Waals surface area contributed by atoms with Crippen LogP contribution in [0.25, 0.3) is 10.3 Å². The Morgan fingerprint density at radius 2 is 2.29 bits per heavy atom. The van der Waals surface area contributed by atoms with Gasteiger partial charge in [-0.3, -0.25) is 9.36 Å². The van der Waals surface area contributed by atoms with E-state index in [1.807, 2.05) is 19.9 Å². The van der Waals surface area contributed by atoms with Gasteiger partial charge in [0.15, 0.2) is 5.65 Å². The van der Waals surface area contributed by atoms with Gasteiger partial charge < -0.3 is 20.3 Å². The van der Waals surface area contributed by atoms with Crippen LogP contribution in [0.3, 0.4) is 0 Å². The summed E-state index contributed by atoms with van der Waals surface area (Å²) >= 11 is 1.01. The van der Waals surface area contributed by atoms with Gasteiger partial charge >= 0.3 is 4.87 Å². The molecule has 0 bridgehead atoms. The third-order valence-electron chi connectivity index (χ3n) is 3.74. The van der Waals surface area contributed by atoms with Gasteiger partial charge in [-0.2, -0.15) is 9.97 Å². The number of rotatable bonds is 5. The lowest BCUT2D eigenvalue weighted by Gasteiger charge is -2.13. The highest BCUT2D eigenvalue weighted by atomic mass is 32.1. The van der Waals surface area contributed by atoms with Crippen LogP contribution in [0.15, 0.2) is 16.4 Å². The maximum absolute atomic E-state index is 12.4. The van der Waals surface area contributed by atoms with E-state index in [-0.39, 0.29) is 23.5 Å². The Morgan fingerprint density at radius 3 is 2.96 bits per heavy atom. The number of allylic oxidation sites excluding steroid dienone is 1. The van der Waals surface area contributed by atoms with Crippen molar-refractivity contribution >= 4 is 27.6 Å². The highest BCUT2D eigenvalue weighted by Gasteiger charge is 2.30. The maximum atomic E-state index is 12.4. The molecule has 3 heterocycles. The molecule has 2 atom stereocenters. The van der Waals surface area contributed by atoms with Crippen LogP contribution in [0.2, 0.25) is 0 Å².